The maximum absolute atomic E-state index is 11.0. The predicted octanol–water partition coefficient (Wildman–Crippen LogP) is 3.70. The van der Waals surface area contributed by atoms with Crippen LogP contribution < -0.4 is 5.32 Å². The molecule has 0 heterocycles. The summed E-state index contributed by atoms with van der Waals surface area (Å²) in [7, 11) is 3.75. The van der Waals surface area contributed by atoms with Gasteiger partial charge in [-0.15, -0.1) is 0 Å². The van der Waals surface area contributed by atoms with E-state index in [1.54, 1.807) is 18.2 Å². The van der Waals surface area contributed by atoms with Gasteiger partial charge in [0.25, 0.3) is 0 Å². The summed E-state index contributed by atoms with van der Waals surface area (Å²) in [6.45, 7) is 2.03. The van der Waals surface area contributed by atoms with Crippen molar-refractivity contribution in [1.82, 2.24) is 5.32 Å². The van der Waals surface area contributed by atoms with Gasteiger partial charge >= 0.3 is 5.97 Å². The van der Waals surface area contributed by atoms with Gasteiger partial charge in [-0.2, -0.15) is 0 Å². The molecule has 3 nitrogen and oxygen atoms in total. The van der Waals surface area contributed by atoms with Crippen molar-refractivity contribution in [3.05, 3.63) is 70.8 Å². The summed E-state index contributed by atoms with van der Waals surface area (Å²) in [5.41, 5.74) is 3.30. The molecule has 0 amide bonds. The van der Waals surface area contributed by atoms with Gasteiger partial charge < -0.3 is 10.4 Å². The van der Waals surface area contributed by atoms with E-state index in [1.807, 2.05) is 63.5 Å². The summed E-state index contributed by atoms with van der Waals surface area (Å²) in [5.74, 6) is -0.904. The minimum atomic E-state index is -0.904. The summed E-state index contributed by atoms with van der Waals surface area (Å²) in [5, 5.41) is 11.8. The summed E-state index contributed by atoms with van der Waals surface area (Å²) in [4.78, 5) is 11.0. The average Bonchev–Trinajstić information content (AvgIpc) is 2.48. The van der Waals surface area contributed by atoms with Crippen LogP contribution in [-0.2, 0) is 0 Å². The number of benzene rings is 2. The van der Waals surface area contributed by atoms with Crippen LogP contribution in [0.2, 0.25) is 0 Å². The Morgan fingerprint density at radius 3 is 2.14 bits per heavy atom. The number of hydrogen-bond donors (Lipinski definition) is 2. The first-order valence-corrected chi connectivity index (χ1v) is 6.74. The highest BCUT2D eigenvalue weighted by Crippen LogP contribution is 2.13. The van der Waals surface area contributed by atoms with E-state index in [9.17, 15) is 4.79 Å². The van der Waals surface area contributed by atoms with E-state index in [-0.39, 0.29) is 0 Å². The van der Waals surface area contributed by atoms with Crippen LogP contribution in [0.15, 0.2) is 48.5 Å². The third kappa shape index (κ3) is 5.63. The van der Waals surface area contributed by atoms with Gasteiger partial charge in [-0.1, -0.05) is 60.2 Å². The van der Waals surface area contributed by atoms with E-state index < -0.39 is 5.97 Å². The van der Waals surface area contributed by atoms with Gasteiger partial charge in [0.05, 0.1) is 5.56 Å². The highest BCUT2D eigenvalue weighted by Gasteiger charge is 2.05. The topological polar surface area (TPSA) is 49.3 Å². The molecule has 2 N–H and O–H groups in total. The van der Waals surface area contributed by atoms with Gasteiger partial charge in [-0.05, 0) is 38.2 Å². The van der Waals surface area contributed by atoms with E-state index in [2.05, 4.69) is 5.32 Å². The van der Waals surface area contributed by atoms with E-state index in [0.29, 0.717) is 11.1 Å². The standard InChI is InChI=1S/C16H14O2.C2H7N/c1-12-6-8-13(9-7-12)10-11-14-4-2-3-5-15(14)16(17)18;1-3-2/h2-11H,1H3,(H,17,18);3H,1-2H3. The Morgan fingerprint density at radius 1 is 1.00 bits per heavy atom. The van der Waals surface area contributed by atoms with Crippen LogP contribution in [0.4, 0.5) is 0 Å². The molecule has 0 saturated carbocycles. The van der Waals surface area contributed by atoms with Gasteiger partial charge in [-0.3, -0.25) is 0 Å². The Bertz CT molecular complexity index is 601. The SMILES string of the molecule is CNC.Cc1ccc(C=Cc2ccccc2C(=O)O)cc1. The Morgan fingerprint density at radius 2 is 1.57 bits per heavy atom. The highest BCUT2D eigenvalue weighted by molar-refractivity contribution is 5.93. The van der Waals surface area contributed by atoms with Gasteiger partial charge in [0, 0.05) is 0 Å². The maximum Gasteiger partial charge on any atom is 0.336 e. The highest BCUT2D eigenvalue weighted by atomic mass is 16.4. The Labute approximate surface area is 125 Å². The van der Waals surface area contributed by atoms with Gasteiger partial charge in [0.1, 0.15) is 0 Å². The molecule has 0 saturated heterocycles. The second-order valence-corrected chi connectivity index (χ2v) is 4.64. The number of nitrogens with one attached hydrogen (secondary N) is 1. The summed E-state index contributed by atoms with van der Waals surface area (Å²) < 4.78 is 0. The van der Waals surface area contributed by atoms with Crippen LogP contribution in [0.25, 0.3) is 12.2 Å². The first kappa shape index (κ1) is 16.7. The minimum absolute atomic E-state index is 0.320. The normalized spacial score (nSPS) is 10.0. The summed E-state index contributed by atoms with van der Waals surface area (Å²) in [6.07, 6.45) is 3.75. The van der Waals surface area contributed by atoms with Gasteiger partial charge in [0.2, 0.25) is 0 Å². The second-order valence-electron chi connectivity index (χ2n) is 4.64. The molecule has 0 bridgehead atoms. The molecule has 0 aliphatic carbocycles. The average molecular weight is 283 g/mol. The van der Waals surface area contributed by atoms with E-state index >= 15 is 0 Å². The van der Waals surface area contributed by atoms with Gasteiger partial charge in [-0.25, -0.2) is 4.79 Å². The molecule has 2 rings (SSSR count). The Balaban J connectivity index is 0.000000677. The first-order valence-electron chi connectivity index (χ1n) is 6.74. The van der Waals surface area contributed by atoms with Crippen LogP contribution >= 0.6 is 0 Å². The lowest BCUT2D eigenvalue weighted by Crippen LogP contribution is -1.98. The molecule has 0 radical (unpaired) electrons. The third-order valence-corrected chi connectivity index (χ3v) is 2.72. The van der Waals surface area contributed by atoms with Crippen LogP contribution in [0, 0.1) is 6.92 Å². The van der Waals surface area contributed by atoms with Crippen LogP contribution in [0.5, 0.6) is 0 Å². The molecule has 0 fully saturated rings. The van der Waals surface area contributed by atoms with Crippen LogP contribution in [-0.4, -0.2) is 25.2 Å². The molecular formula is C18H21NO2. The maximum atomic E-state index is 11.0. The van der Waals surface area contributed by atoms with Gasteiger partial charge in [0.15, 0.2) is 0 Å². The number of carboxylic acids is 1. The molecule has 0 atom stereocenters. The van der Waals surface area contributed by atoms with Crippen molar-refractivity contribution in [2.75, 3.05) is 14.1 Å². The molecule has 0 aromatic heterocycles. The molecule has 3 heteroatoms. The number of carbonyl (C=O) groups is 1. The Kier molecular flexibility index (Phi) is 6.92. The van der Waals surface area contributed by atoms with Crippen molar-refractivity contribution in [3.8, 4) is 0 Å². The van der Waals surface area contributed by atoms with Crippen molar-refractivity contribution in [2.24, 2.45) is 0 Å². The van der Waals surface area contributed by atoms with Crippen molar-refractivity contribution >= 4 is 18.1 Å². The summed E-state index contributed by atoms with van der Waals surface area (Å²) >= 11 is 0. The number of carboxylic acid groups (broad SMARTS) is 1. The minimum Gasteiger partial charge on any atom is -0.478 e. The number of hydrogen-bond acceptors (Lipinski definition) is 2. The largest absolute Gasteiger partial charge is 0.478 e. The Hall–Kier alpha value is -2.39. The first-order chi connectivity index (χ1) is 10.1. The molecule has 0 aliphatic rings. The lowest BCUT2D eigenvalue weighted by atomic mass is 10.1. The lowest BCUT2D eigenvalue weighted by Gasteiger charge is -2.00. The van der Waals surface area contributed by atoms with Crippen molar-refractivity contribution in [3.63, 3.8) is 0 Å². The smallest absolute Gasteiger partial charge is 0.336 e. The van der Waals surface area contributed by atoms with Crippen LogP contribution in [0.1, 0.15) is 27.0 Å². The molecular weight excluding hydrogens is 262 g/mol. The van der Waals surface area contributed by atoms with E-state index in [0.717, 1.165) is 5.56 Å². The third-order valence-electron chi connectivity index (χ3n) is 2.72. The van der Waals surface area contributed by atoms with Crippen molar-refractivity contribution in [1.29, 1.82) is 0 Å². The fourth-order valence-corrected chi connectivity index (χ4v) is 1.70. The molecule has 0 aliphatic heterocycles. The molecule has 0 spiro atoms. The molecule has 2 aromatic rings. The summed E-state index contributed by atoms with van der Waals surface area (Å²) in [6, 6.07) is 15.1. The van der Waals surface area contributed by atoms with Crippen LogP contribution in [0.3, 0.4) is 0 Å². The fourth-order valence-electron chi connectivity index (χ4n) is 1.70. The van der Waals surface area contributed by atoms with Crippen molar-refractivity contribution in [2.45, 2.75) is 6.92 Å². The number of aromatic carboxylic acids is 1. The lowest BCUT2D eigenvalue weighted by molar-refractivity contribution is 0.0696. The quantitative estimate of drug-likeness (QED) is 0.844. The zero-order chi connectivity index (χ0) is 15.7. The molecule has 2 aromatic carbocycles. The predicted molar refractivity (Wildman–Crippen MR) is 88.5 cm³/mol. The second kappa shape index (κ2) is 8.72. The zero-order valence-corrected chi connectivity index (χ0v) is 12.6. The fraction of sp³-hybridized carbons (Fsp3) is 0.167. The zero-order valence-electron chi connectivity index (χ0n) is 12.6. The van der Waals surface area contributed by atoms with E-state index in [1.165, 1.54) is 5.56 Å². The monoisotopic (exact) mass is 283 g/mol. The molecule has 110 valence electrons. The molecule has 21 heavy (non-hydrogen) atoms. The molecule has 0 unspecified atom stereocenters. The number of rotatable bonds is 3. The van der Waals surface area contributed by atoms with Crippen molar-refractivity contribution < 1.29 is 9.90 Å². The number of aryl methyl sites for hydroxylation is 1. The van der Waals surface area contributed by atoms with E-state index in [4.69, 9.17) is 5.11 Å².